The number of aromatic nitrogens is 1. The third-order valence-corrected chi connectivity index (χ3v) is 7.69. The minimum atomic E-state index is -0.733. The largest absolute Gasteiger partial charge is 0.444 e. The average molecular weight is 517 g/mol. The van der Waals surface area contributed by atoms with E-state index >= 15 is 0 Å². The lowest BCUT2D eigenvalue weighted by Crippen LogP contribution is -2.45. The molecule has 2 aromatic carbocycles. The highest BCUT2D eigenvalue weighted by Gasteiger charge is 2.43. The number of ether oxygens (including phenoxy) is 1. The van der Waals surface area contributed by atoms with Gasteiger partial charge in [-0.15, -0.1) is 11.8 Å². The number of amides is 3. The van der Waals surface area contributed by atoms with Crippen LogP contribution in [0.2, 0.25) is 0 Å². The number of anilines is 1. The van der Waals surface area contributed by atoms with Gasteiger partial charge >= 0.3 is 6.09 Å². The van der Waals surface area contributed by atoms with Crippen LogP contribution in [0.4, 0.5) is 10.5 Å². The van der Waals surface area contributed by atoms with Crippen molar-refractivity contribution in [2.24, 2.45) is 0 Å². The van der Waals surface area contributed by atoms with Gasteiger partial charge in [-0.05, 0) is 66.8 Å². The molecule has 190 valence electrons. The quantitative estimate of drug-likeness (QED) is 0.473. The Balaban J connectivity index is 1.32. The van der Waals surface area contributed by atoms with Crippen molar-refractivity contribution in [3.8, 4) is 0 Å². The van der Waals surface area contributed by atoms with E-state index in [-0.39, 0.29) is 29.8 Å². The molecule has 1 aliphatic heterocycles. The van der Waals surface area contributed by atoms with Gasteiger partial charge < -0.3 is 15.4 Å². The predicted octanol–water partition coefficient (Wildman–Crippen LogP) is 4.67. The summed E-state index contributed by atoms with van der Waals surface area (Å²) in [7, 11) is 0. The molecule has 1 saturated heterocycles. The number of nitrogens with one attached hydrogen (secondary N) is 2. The molecule has 37 heavy (non-hydrogen) atoms. The van der Waals surface area contributed by atoms with Crippen LogP contribution in [-0.4, -0.2) is 45.6 Å². The maximum atomic E-state index is 13.4. The van der Waals surface area contributed by atoms with E-state index in [0.717, 1.165) is 29.5 Å². The van der Waals surface area contributed by atoms with Gasteiger partial charge in [0.15, 0.2) is 0 Å². The number of hydrogen-bond donors (Lipinski definition) is 2. The summed E-state index contributed by atoms with van der Waals surface area (Å²) in [5.74, 6) is 0.00222. The molecule has 1 saturated carbocycles. The van der Waals surface area contributed by atoms with Crippen molar-refractivity contribution in [1.29, 1.82) is 0 Å². The van der Waals surface area contributed by atoms with E-state index in [2.05, 4.69) is 15.6 Å². The Kier molecular flexibility index (Phi) is 7.41. The van der Waals surface area contributed by atoms with Crippen molar-refractivity contribution in [2.45, 2.75) is 43.8 Å². The second kappa shape index (κ2) is 11.0. The average Bonchev–Trinajstić information content (AvgIpc) is 3.62. The molecule has 2 heterocycles. The second-order valence-corrected chi connectivity index (χ2v) is 10.3. The first-order chi connectivity index (χ1) is 18.0. The van der Waals surface area contributed by atoms with Crippen molar-refractivity contribution in [3.05, 3.63) is 95.3 Å². The number of hydrogen-bond acceptors (Lipinski definition) is 6. The number of benzene rings is 2. The molecule has 8 nitrogen and oxygen atoms in total. The van der Waals surface area contributed by atoms with Crippen LogP contribution in [0.25, 0.3) is 0 Å². The molecular weight excluding hydrogens is 488 g/mol. The van der Waals surface area contributed by atoms with Gasteiger partial charge in [-0.2, -0.15) is 0 Å². The lowest BCUT2D eigenvalue weighted by Gasteiger charge is -2.28. The zero-order valence-corrected chi connectivity index (χ0v) is 21.2. The van der Waals surface area contributed by atoms with E-state index in [0.29, 0.717) is 17.0 Å². The molecular formula is C28H28N4O4S. The first kappa shape index (κ1) is 24.8. The summed E-state index contributed by atoms with van der Waals surface area (Å²) in [6.07, 6.45) is 4.81. The van der Waals surface area contributed by atoms with E-state index in [1.807, 2.05) is 49.4 Å². The van der Waals surface area contributed by atoms with Crippen molar-refractivity contribution in [2.75, 3.05) is 11.1 Å². The molecule has 0 bridgehead atoms. The van der Waals surface area contributed by atoms with Crippen LogP contribution in [-0.2, 0) is 16.1 Å². The van der Waals surface area contributed by atoms with Gasteiger partial charge in [0.2, 0.25) is 5.91 Å². The highest BCUT2D eigenvalue weighted by molar-refractivity contribution is 7.99. The number of pyridine rings is 1. The van der Waals surface area contributed by atoms with Crippen LogP contribution in [0.15, 0.2) is 73.1 Å². The van der Waals surface area contributed by atoms with Crippen molar-refractivity contribution in [1.82, 2.24) is 15.2 Å². The molecule has 1 aliphatic carbocycles. The Morgan fingerprint density at radius 3 is 2.51 bits per heavy atom. The minimum Gasteiger partial charge on any atom is -0.444 e. The molecule has 1 aromatic heterocycles. The number of rotatable bonds is 7. The monoisotopic (exact) mass is 516 g/mol. The molecule has 2 atom stereocenters. The van der Waals surface area contributed by atoms with Crippen molar-refractivity contribution < 1.29 is 19.1 Å². The molecule has 0 radical (unpaired) electrons. The molecule has 2 N–H and O–H groups in total. The Morgan fingerprint density at radius 2 is 1.81 bits per heavy atom. The summed E-state index contributed by atoms with van der Waals surface area (Å²) >= 11 is 1.51. The normalized spacial score (nSPS) is 18.8. The zero-order chi connectivity index (χ0) is 25.8. The third-order valence-electron chi connectivity index (χ3n) is 6.37. The molecule has 9 heteroatoms. The standard InChI is InChI=1S/C28H28N4O4S/c1-18-15-21(25(33)30-22-8-9-22)7-10-23(18)31-26(34)24-17-37-27(20-11-13-29-14-12-20)32(24)28(35)36-16-19-5-3-2-4-6-19/h2-7,10-15,22,24,27H,8-9,16-17H2,1H3,(H,30,33)(H,31,34). The van der Waals surface area contributed by atoms with E-state index < -0.39 is 12.1 Å². The Hall–Kier alpha value is -3.85. The smallest absolute Gasteiger partial charge is 0.412 e. The third kappa shape index (κ3) is 5.94. The van der Waals surface area contributed by atoms with Crippen LogP contribution < -0.4 is 10.6 Å². The van der Waals surface area contributed by atoms with E-state index in [1.165, 1.54) is 16.7 Å². The van der Waals surface area contributed by atoms with Crippen molar-refractivity contribution in [3.63, 3.8) is 0 Å². The van der Waals surface area contributed by atoms with Gasteiger partial charge in [-0.3, -0.25) is 19.5 Å². The molecule has 3 amide bonds. The fourth-order valence-corrected chi connectivity index (χ4v) is 5.59. The Morgan fingerprint density at radius 1 is 1.05 bits per heavy atom. The Bertz CT molecular complexity index is 1280. The van der Waals surface area contributed by atoms with Gasteiger partial charge in [0.05, 0.1) is 0 Å². The maximum Gasteiger partial charge on any atom is 0.412 e. The topological polar surface area (TPSA) is 101 Å². The number of nitrogens with zero attached hydrogens (tertiary/aromatic N) is 2. The van der Waals surface area contributed by atoms with E-state index in [9.17, 15) is 14.4 Å². The lowest BCUT2D eigenvalue weighted by atomic mass is 10.1. The minimum absolute atomic E-state index is 0.108. The summed E-state index contributed by atoms with van der Waals surface area (Å²) in [5, 5.41) is 5.55. The second-order valence-electron chi connectivity index (χ2n) is 9.20. The molecule has 5 rings (SSSR count). The molecule has 2 aliphatic rings. The number of carbonyl (C=O) groups is 3. The maximum absolute atomic E-state index is 13.4. The molecule has 2 fully saturated rings. The van der Waals surface area contributed by atoms with Gasteiger partial charge in [0.25, 0.3) is 5.91 Å². The lowest BCUT2D eigenvalue weighted by molar-refractivity contribution is -0.120. The van der Waals surface area contributed by atoms with Gasteiger partial charge in [-0.25, -0.2) is 4.79 Å². The predicted molar refractivity (Wildman–Crippen MR) is 142 cm³/mol. The fourth-order valence-electron chi connectivity index (χ4n) is 4.17. The first-order valence-corrected chi connectivity index (χ1v) is 13.3. The fraction of sp³-hybridized carbons (Fsp3) is 0.286. The van der Waals surface area contributed by atoms with E-state index in [1.54, 1.807) is 30.6 Å². The van der Waals surface area contributed by atoms with Crippen LogP contribution in [0, 0.1) is 6.92 Å². The van der Waals surface area contributed by atoms with Gasteiger partial charge in [0.1, 0.15) is 18.0 Å². The summed E-state index contributed by atoms with van der Waals surface area (Å²) in [6.45, 7) is 1.96. The summed E-state index contributed by atoms with van der Waals surface area (Å²) in [6, 6.07) is 17.8. The summed E-state index contributed by atoms with van der Waals surface area (Å²) in [5.41, 5.74) is 3.66. The summed E-state index contributed by atoms with van der Waals surface area (Å²) < 4.78 is 5.63. The summed E-state index contributed by atoms with van der Waals surface area (Å²) in [4.78, 5) is 44.7. The van der Waals surface area contributed by atoms with Gasteiger partial charge in [0, 0.05) is 35.4 Å². The van der Waals surface area contributed by atoms with Gasteiger partial charge in [-0.1, -0.05) is 30.3 Å². The highest BCUT2D eigenvalue weighted by Crippen LogP contribution is 2.42. The number of aryl methyl sites for hydroxylation is 1. The number of thioether (sulfide) groups is 1. The Labute approximate surface area is 219 Å². The highest BCUT2D eigenvalue weighted by atomic mass is 32.2. The molecule has 3 aromatic rings. The SMILES string of the molecule is Cc1cc(C(=O)NC2CC2)ccc1NC(=O)C1CSC(c2ccncc2)N1C(=O)OCc1ccccc1. The molecule has 2 unspecified atom stereocenters. The number of carbonyl (C=O) groups excluding carboxylic acids is 3. The van der Waals surface area contributed by atoms with Crippen LogP contribution >= 0.6 is 11.8 Å². The van der Waals surface area contributed by atoms with Crippen LogP contribution in [0.1, 0.15) is 45.3 Å². The first-order valence-electron chi connectivity index (χ1n) is 12.2. The van der Waals surface area contributed by atoms with E-state index in [4.69, 9.17) is 4.74 Å². The zero-order valence-electron chi connectivity index (χ0n) is 20.4. The van der Waals surface area contributed by atoms with Crippen LogP contribution in [0.3, 0.4) is 0 Å². The van der Waals surface area contributed by atoms with Crippen molar-refractivity contribution >= 4 is 35.4 Å². The van der Waals surface area contributed by atoms with Crippen LogP contribution in [0.5, 0.6) is 0 Å². The molecule has 0 spiro atoms.